The van der Waals surface area contributed by atoms with Crippen molar-refractivity contribution in [2.24, 2.45) is 0 Å². The molecule has 1 aliphatic rings. The number of thioether (sulfide) groups is 1. The Kier molecular flexibility index (Phi) is 4.03. The van der Waals surface area contributed by atoms with E-state index in [4.69, 9.17) is 11.6 Å². The normalized spacial score (nSPS) is 14.1. The van der Waals surface area contributed by atoms with Crippen molar-refractivity contribution in [2.75, 3.05) is 11.1 Å². The summed E-state index contributed by atoms with van der Waals surface area (Å²) in [5.41, 5.74) is 0.359. The number of hydrogen-bond donors (Lipinski definition) is 2. The molecule has 2 aromatic rings. The molecule has 0 aliphatic heterocycles. The lowest BCUT2D eigenvalue weighted by atomic mass is 10.3. The van der Waals surface area contributed by atoms with Gasteiger partial charge < -0.3 is 5.32 Å². The van der Waals surface area contributed by atoms with Crippen LogP contribution < -0.4 is 11.0 Å². The first-order valence-electron chi connectivity index (χ1n) is 6.49. The molecule has 1 aromatic heterocycles. The van der Waals surface area contributed by atoms with Gasteiger partial charge in [0.25, 0.3) is 0 Å². The van der Waals surface area contributed by atoms with Crippen molar-refractivity contribution in [1.29, 1.82) is 0 Å². The summed E-state index contributed by atoms with van der Waals surface area (Å²) in [5, 5.41) is 10.2. The smallest absolute Gasteiger partial charge is 0.324 e. The SMILES string of the molecule is O=C(CSc1n[nH]c(=O)n1C1CC1)Nc1ccccc1Cl. The largest absolute Gasteiger partial charge is 0.344 e. The lowest BCUT2D eigenvalue weighted by molar-refractivity contribution is -0.113. The van der Waals surface area contributed by atoms with Crippen LogP contribution in [0.5, 0.6) is 0 Å². The minimum Gasteiger partial charge on any atom is -0.324 e. The number of rotatable bonds is 5. The highest BCUT2D eigenvalue weighted by molar-refractivity contribution is 7.99. The number of nitrogens with zero attached hydrogens (tertiary/aromatic N) is 2. The number of hydrogen-bond acceptors (Lipinski definition) is 4. The average Bonchev–Trinajstić information content (AvgIpc) is 3.23. The Morgan fingerprint density at radius 2 is 2.24 bits per heavy atom. The Bertz CT molecular complexity index is 723. The first kappa shape index (κ1) is 14.2. The lowest BCUT2D eigenvalue weighted by Gasteiger charge is -2.07. The summed E-state index contributed by atoms with van der Waals surface area (Å²) in [6, 6.07) is 7.27. The molecule has 0 bridgehead atoms. The molecule has 1 heterocycles. The zero-order valence-corrected chi connectivity index (χ0v) is 12.6. The van der Waals surface area contributed by atoms with Crippen molar-refractivity contribution in [3.63, 3.8) is 0 Å². The monoisotopic (exact) mass is 324 g/mol. The van der Waals surface area contributed by atoms with Crippen LogP contribution >= 0.6 is 23.4 Å². The molecular formula is C13H13ClN4O2S. The highest BCUT2D eigenvalue weighted by Gasteiger charge is 2.28. The number of carbonyl (C=O) groups excluding carboxylic acids is 1. The van der Waals surface area contributed by atoms with Gasteiger partial charge in [-0.25, -0.2) is 9.89 Å². The molecule has 110 valence electrons. The molecule has 1 aliphatic carbocycles. The minimum absolute atomic E-state index is 0.169. The van der Waals surface area contributed by atoms with Crippen molar-refractivity contribution < 1.29 is 4.79 Å². The minimum atomic E-state index is -0.216. The summed E-state index contributed by atoms with van der Waals surface area (Å²) in [6.07, 6.45) is 1.97. The second kappa shape index (κ2) is 5.95. The Morgan fingerprint density at radius 1 is 1.48 bits per heavy atom. The number of nitrogens with one attached hydrogen (secondary N) is 2. The third-order valence-electron chi connectivity index (χ3n) is 3.06. The first-order chi connectivity index (χ1) is 10.1. The van der Waals surface area contributed by atoms with Crippen LogP contribution in [-0.2, 0) is 4.79 Å². The van der Waals surface area contributed by atoms with Gasteiger partial charge in [0.1, 0.15) is 0 Å². The second-order valence-corrected chi connectivity index (χ2v) is 6.08. The number of halogens is 1. The third kappa shape index (κ3) is 3.30. The fraction of sp³-hybridized carbons (Fsp3) is 0.308. The van der Waals surface area contributed by atoms with Crippen LogP contribution in [0.3, 0.4) is 0 Å². The summed E-state index contributed by atoms with van der Waals surface area (Å²) in [6.45, 7) is 0. The molecule has 0 saturated heterocycles. The Morgan fingerprint density at radius 3 is 2.95 bits per heavy atom. The molecule has 3 rings (SSSR count). The summed E-state index contributed by atoms with van der Waals surface area (Å²) >= 11 is 7.21. The van der Waals surface area contributed by atoms with Crippen molar-refractivity contribution in [3.8, 4) is 0 Å². The first-order valence-corrected chi connectivity index (χ1v) is 7.85. The van der Waals surface area contributed by atoms with E-state index in [-0.39, 0.29) is 23.4 Å². The van der Waals surface area contributed by atoms with Crippen molar-refractivity contribution in [1.82, 2.24) is 14.8 Å². The molecule has 0 atom stereocenters. The van der Waals surface area contributed by atoms with E-state index in [1.54, 1.807) is 28.8 Å². The van der Waals surface area contributed by atoms with Crippen LogP contribution in [-0.4, -0.2) is 26.4 Å². The maximum Gasteiger partial charge on any atom is 0.344 e. The number of para-hydroxylation sites is 1. The van der Waals surface area contributed by atoms with Gasteiger partial charge in [-0.2, -0.15) is 0 Å². The van der Waals surface area contributed by atoms with Gasteiger partial charge >= 0.3 is 5.69 Å². The number of benzene rings is 1. The van der Waals surface area contributed by atoms with Crippen molar-refractivity contribution in [2.45, 2.75) is 24.0 Å². The summed E-state index contributed by atoms with van der Waals surface area (Å²) in [7, 11) is 0. The van der Waals surface area contributed by atoms with Gasteiger partial charge in [-0.05, 0) is 25.0 Å². The van der Waals surface area contributed by atoms with Crippen LogP contribution in [0.2, 0.25) is 5.02 Å². The Labute approximate surface area is 129 Å². The maximum atomic E-state index is 11.9. The van der Waals surface area contributed by atoms with E-state index in [0.717, 1.165) is 12.8 Å². The lowest BCUT2D eigenvalue weighted by Crippen LogP contribution is -2.18. The number of aromatic nitrogens is 3. The number of carbonyl (C=O) groups is 1. The number of amides is 1. The molecule has 1 fully saturated rings. The Balaban J connectivity index is 1.62. The van der Waals surface area contributed by atoms with E-state index >= 15 is 0 Å². The van der Waals surface area contributed by atoms with E-state index in [9.17, 15) is 9.59 Å². The Hall–Kier alpha value is -1.73. The van der Waals surface area contributed by atoms with Gasteiger partial charge in [0, 0.05) is 6.04 Å². The zero-order valence-electron chi connectivity index (χ0n) is 11.0. The molecule has 0 radical (unpaired) electrons. The van der Waals surface area contributed by atoms with Crippen molar-refractivity contribution in [3.05, 3.63) is 39.8 Å². The van der Waals surface area contributed by atoms with Gasteiger partial charge in [-0.3, -0.25) is 9.36 Å². The maximum absolute atomic E-state index is 11.9. The van der Waals surface area contributed by atoms with Gasteiger partial charge in [-0.15, -0.1) is 5.10 Å². The number of H-pyrrole nitrogens is 1. The molecule has 1 aromatic carbocycles. The summed E-state index contributed by atoms with van der Waals surface area (Å²) < 4.78 is 1.62. The van der Waals surface area contributed by atoms with E-state index in [1.165, 1.54) is 11.8 Å². The molecule has 8 heteroatoms. The van der Waals surface area contributed by atoms with Gasteiger partial charge in [0.2, 0.25) is 5.91 Å². The van der Waals surface area contributed by atoms with Crippen LogP contribution in [0.4, 0.5) is 5.69 Å². The molecule has 1 amide bonds. The van der Waals surface area contributed by atoms with Crippen molar-refractivity contribution >= 4 is 35.0 Å². The van der Waals surface area contributed by atoms with Crippen LogP contribution in [0, 0.1) is 0 Å². The highest BCUT2D eigenvalue weighted by atomic mass is 35.5. The molecule has 21 heavy (non-hydrogen) atoms. The highest BCUT2D eigenvalue weighted by Crippen LogP contribution is 2.36. The average molecular weight is 325 g/mol. The fourth-order valence-electron chi connectivity index (χ4n) is 1.93. The third-order valence-corrected chi connectivity index (χ3v) is 4.35. The quantitative estimate of drug-likeness (QED) is 0.827. The van der Waals surface area contributed by atoms with Gasteiger partial charge in [0.05, 0.1) is 16.5 Å². The molecule has 1 saturated carbocycles. The topological polar surface area (TPSA) is 79.8 Å². The molecule has 0 unspecified atom stereocenters. The predicted molar refractivity (Wildman–Crippen MR) is 81.9 cm³/mol. The second-order valence-electron chi connectivity index (χ2n) is 4.73. The van der Waals surface area contributed by atoms with Gasteiger partial charge in [0.15, 0.2) is 5.16 Å². The zero-order chi connectivity index (χ0) is 14.8. The van der Waals surface area contributed by atoms with Gasteiger partial charge in [-0.1, -0.05) is 35.5 Å². The molecule has 2 N–H and O–H groups in total. The van der Waals surface area contributed by atoms with E-state index in [0.29, 0.717) is 15.9 Å². The summed E-state index contributed by atoms with van der Waals surface area (Å²) in [5.74, 6) is -0.0201. The van der Waals surface area contributed by atoms with E-state index < -0.39 is 0 Å². The van der Waals surface area contributed by atoms with E-state index in [2.05, 4.69) is 15.5 Å². The van der Waals surface area contributed by atoms with Crippen LogP contribution in [0.15, 0.2) is 34.2 Å². The summed E-state index contributed by atoms with van der Waals surface area (Å²) in [4.78, 5) is 23.5. The molecule has 6 nitrogen and oxygen atoms in total. The number of aromatic amines is 1. The van der Waals surface area contributed by atoms with Crippen LogP contribution in [0.25, 0.3) is 0 Å². The predicted octanol–water partition coefficient (Wildman–Crippen LogP) is 2.29. The van der Waals surface area contributed by atoms with E-state index in [1.807, 2.05) is 0 Å². The standard InChI is InChI=1S/C13H13ClN4O2S/c14-9-3-1-2-4-10(9)15-11(19)7-21-13-17-16-12(20)18(13)8-5-6-8/h1-4,8H,5-7H2,(H,15,19)(H,16,20). The molecule has 0 spiro atoms. The van der Waals surface area contributed by atoms with Crippen LogP contribution in [0.1, 0.15) is 18.9 Å². The fourth-order valence-corrected chi connectivity index (χ4v) is 2.92. The number of anilines is 1. The molecular weight excluding hydrogens is 312 g/mol.